The second kappa shape index (κ2) is 7.16. The number of para-hydroxylation sites is 1. The van der Waals surface area contributed by atoms with Crippen LogP contribution in [0.1, 0.15) is 27.0 Å². The number of esters is 1. The van der Waals surface area contributed by atoms with Crippen LogP contribution in [0.3, 0.4) is 0 Å². The number of hydrogen-bond donors (Lipinski definition) is 1. The van der Waals surface area contributed by atoms with Crippen molar-refractivity contribution in [2.45, 2.75) is 6.92 Å². The van der Waals surface area contributed by atoms with Gasteiger partial charge in [0.1, 0.15) is 0 Å². The SMILES string of the molecule is COC(=O)c1ccc(-c2cc(C)ccc2C=C2C(=O)Nc3ccccc32)cc1. The van der Waals surface area contributed by atoms with Crippen molar-refractivity contribution in [1.29, 1.82) is 0 Å². The summed E-state index contributed by atoms with van der Waals surface area (Å²) in [5.41, 5.74) is 6.91. The zero-order chi connectivity index (χ0) is 19.7. The summed E-state index contributed by atoms with van der Waals surface area (Å²) in [6, 6.07) is 21.1. The lowest BCUT2D eigenvalue weighted by molar-refractivity contribution is -0.110. The zero-order valence-corrected chi connectivity index (χ0v) is 15.7. The molecule has 0 aliphatic carbocycles. The van der Waals surface area contributed by atoms with Gasteiger partial charge in [-0.2, -0.15) is 0 Å². The topological polar surface area (TPSA) is 55.4 Å². The molecule has 3 aromatic carbocycles. The number of fused-ring (bicyclic) bond motifs is 1. The molecule has 0 saturated carbocycles. The summed E-state index contributed by atoms with van der Waals surface area (Å²) in [4.78, 5) is 24.2. The van der Waals surface area contributed by atoms with E-state index in [1.165, 1.54) is 7.11 Å². The maximum absolute atomic E-state index is 12.5. The van der Waals surface area contributed by atoms with Gasteiger partial charge in [-0.3, -0.25) is 4.79 Å². The van der Waals surface area contributed by atoms with E-state index >= 15 is 0 Å². The number of hydrogen-bond acceptors (Lipinski definition) is 3. The van der Waals surface area contributed by atoms with Gasteiger partial charge in [0.05, 0.1) is 12.7 Å². The Morgan fingerprint density at radius 1 is 0.964 bits per heavy atom. The molecule has 0 spiro atoms. The number of benzene rings is 3. The quantitative estimate of drug-likeness (QED) is 0.525. The molecule has 0 radical (unpaired) electrons. The summed E-state index contributed by atoms with van der Waals surface area (Å²) in [7, 11) is 1.37. The second-order valence-corrected chi connectivity index (χ2v) is 6.72. The molecule has 0 aromatic heterocycles. The number of anilines is 1. The number of methoxy groups -OCH3 is 1. The molecule has 3 aromatic rings. The van der Waals surface area contributed by atoms with Gasteiger partial charge in [-0.15, -0.1) is 0 Å². The van der Waals surface area contributed by atoms with Crippen molar-refractivity contribution in [1.82, 2.24) is 0 Å². The Bertz CT molecular complexity index is 1110. The third kappa shape index (κ3) is 3.21. The Kier molecular flexibility index (Phi) is 4.53. The number of carbonyl (C=O) groups is 2. The molecule has 4 rings (SSSR count). The third-order valence-electron chi connectivity index (χ3n) is 4.84. The van der Waals surface area contributed by atoms with Crippen LogP contribution >= 0.6 is 0 Å². The van der Waals surface area contributed by atoms with E-state index in [1.807, 2.05) is 61.5 Å². The molecule has 0 bridgehead atoms. The average Bonchev–Trinajstić information content (AvgIpc) is 3.04. The number of rotatable bonds is 3. The van der Waals surface area contributed by atoms with Crippen molar-refractivity contribution >= 4 is 29.2 Å². The van der Waals surface area contributed by atoms with E-state index in [0.717, 1.165) is 33.5 Å². The van der Waals surface area contributed by atoms with Gasteiger partial charge >= 0.3 is 5.97 Å². The lowest BCUT2D eigenvalue weighted by atomic mass is 9.94. The number of aryl methyl sites for hydroxylation is 1. The van der Waals surface area contributed by atoms with E-state index < -0.39 is 0 Å². The highest BCUT2D eigenvalue weighted by Gasteiger charge is 2.23. The first-order valence-electron chi connectivity index (χ1n) is 8.98. The fourth-order valence-electron chi connectivity index (χ4n) is 3.39. The summed E-state index contributed by atoms with van der Waals surface area (Å²) < 4.78 is 4.77. The fourth-order valence-corrected chi connectivity index (χ4v) is 3.39. The largest absolute Gasteiger partial charge is 0.465 e. The van der Waals surface area contributed by atoms with E-state index in [0.29, 0.717) is 11.1 Å². The predicted molar refractivity (Wildman–Crippen MR) is 111 cm³/mol. The van der Waals surface area contributed by atoms with Crippen molar-refractivity contribution in [2.24, 2.45) is 0 Å². The van der Waals surface area contributed by atoms with Crippen molar-refractivity contribution in [2.75, 3.05) is 12.4 Å². The van der Waals surface area contributed by atoms with E-state index in [2.05, 4.69) is 11.4 Å². The van der Waals surface area contributed by atoms with Crippen LogP contribution in [0.5, 0.6) is 0 Å². The average molecular weight is 369 g/mol. The van der Waals surface area contributed by atoms with Crippen LogP contribution in [-0.2, 0) is 9.53 Å². The molecule has 1 amide bonds. The molecule has 1 aliphatic heterocycles. The molecule has 1 N–H and O–H groups in total. The van der Waals surface area contributed by atoms with Crippen molar-refractivity contribution in [3.63, 3.8) is 0 Å². The highest BCUT2D eigenvalue weighted by Crippen LogP contribution is 2.35. The number of carbonyl (C=O) groups excluding carboxylic acids is 2. The lowest BCUT2D eigenvalue weighted by Crippen LogP contribution is -2.03. The number of ether oxygens (including phenoxy) is 1. The molecule has 1 heterocycles. The zero-order valence-electron chi connectivity index (χ0n) is 15.7. The third-order valence-corrected chi connectivity index (χ3v) is 4.84. The van der Waals surface area contributed by atoms with Gasteiger partial charge in [0, 0.05) is 16.8 Å². The monoisotopic (exact) mass is 369 g/mol. The van der Waals surface area contributed by atoms with Gasteiger partial charge in [-0.05, 0) is 47.9 Å². The minimum atomic E-state index is -0.364. The van der Waals surface area contributed by atoms with Gasteiger partial charge in [0.15, 0.2) is 0 Å². The lowest BCUT2D eigenvalue weighted by Gasteiger charge is -2.10. The Hall–Kier alpha value is -3.66. The van der Waals surface area contributed by atoms with Gasteiger partial charge in [0.2, 0.25) is 0 Å². The molecule has 4 heteroatoms. The fraction of sp³-hybridized carbons (Fsp3) is 0.0833. The highest BCUT2D eigenvalue weighted by molar-refractivity contribution is 6.35. The molecule has 28 heavy (non-hydrogen) atoms. The minimum Gasteiger partial charge on any atom is -0.465 e. The summed E-state index contributed by atoms with van der Waals surface area (Å²) >= 11 is 0. The Balaban J connectivity index is 1.80. The van der Waals surface area contributed by atoms with Crippen LogP contribution < -0.4 is 5.32 Å². The molecule has 0 fully saturated rings. The first-order chi connectivity index (χ1) is 13.6. The summed E-state index contributed by atoms with van der Waals surface area (Å²) in [5.74, 6) is -0.467. The predicted octanol–water partition coefficient (Wildman–Crippen LogP) is 4.94. The molecule has 1 aliphatic rings. The Morgan fingerprint density at radius 2 is 1.71 bits per heavy atom. The summed E-state index contributed by atoms with van der Waals surface area (Å²) in [6.07, 6.45) is 1.92. The minimum absolute atomic E-state index is 0.103. The van der Waals surface area contributed by atoms with Gasteiger partial charge in [-0.25, -0.2) is 4.79 Å². The molecule has 0 saturated heterocycles. The Morgan fingerprint density at radius 3 is 2.46 bits per heavy atom. The maximum Gasteiger partial charge on any atom is 0.337 e. The van der Waals surface area contributed by atoms with Crippen molar-refractivity contribution < 1.29 is 14.3 Å². The first kappa shape index (κ1) is 17.7. The maximum atomic E-state index is 12.5. The van der Waals surface area contributed by atoms with Crippen LogP contribution in [0, 0.1) is 6.92 Å². The van der Waals surface area contributed by atoms with E-state index in [4.69, 9.17) is 4.74 Å². The van der Waals surface area contributed by atoms with Gasteiger partial charge in [0.25, 0.3) is 5.91 Å². The van der Waals surface area contributed by atoms with E-state index in [9.17, 15) is 9.59 Å². The van der Waals surface area contributed by atoms with Gasteiger partial charge < -0.3 is 10.1 Å². The van der Waals surface area contributed by atoms with E-state index in [1.54, 1.807) is 12.1 Å². The van der Waals surface area contributed by atoms with Crippen molar-refractivity contribution in [3.05, 3.63) is 89.0 Å². The van der Waals surface area contributed by atoms with Gasteiger partial charge in [-0.1, -0.05) is 54.1 Å². The van der Waals surface area contributed by atoms with Crippen LogP contribution in [0.4, 0.5) is 5.69 Å². The van der Waals surface area contributed by atoms with Crippen LogP contribution in [0.25, 0.3) is 22.8 Å². The van der Waals surface area contributed by atoms with Crippen molar-refractivity contribution in [3.8, 4) is 11.1 Å². The normalized spacial score (nSPS) is 13.9. The summed E-state index contributed by atoms with van der Waals surface area (Å²) in [6.45, 7) is 2.03. The number of amides is 1. The second-order valence-electron chi connectivity index (χ2n) is 6.72. The summed E-state index contributed by atoms with van der Waals surface area (Å²) in [5, 5.41) is 2.91. The van der Waals surface area contributed by atoms with E-state index in [-0.39, 0.29) is 11.9 Å². The molecular formula is C24H19NO3. The first-order valence-corrected chi connectivity index (χ1v) is 8.98. The molecule has 4 nitrogen and oxygen atoms in total. The van der Waals surface area contributed by atoms with Crippen LogP contribution in [0.15, 0.2) is 66.7 Å². The molecular weight excluding hydrogens is 350 g/mol. The molecule has 0 unspecified atom stereocenters. The van der Waals surface area contributed by atoms with Crippen LogP contribution in [0.2, 0.25) is 0 Å². The number of nitrogens with one attached hydrogen (secondary N) is 1. The Labute approximate surface area is 163 Å². The molecule has 0 atom stereocenters. The van der Waals surface area contributed by atoms with Crippen LogP contribution in [-0.4, -0.2) is 19.0 Å². The standard InChI is InChI=1S/C24H19NO3/c1-15-7-8-18(14-21-19-5-3-4-6-22(19)25-23(21)26)20(13-15)16-9-11-17(12-10-16)24(27)28-2/h3-14H,1-2H3,(H,25,26). The highest BCUT2D eigenvalue weighted by atomic mass is 16.5. The smallest absolute Gasteiger partial charge is 0.337 e. The molecule has 138 valence electrons.